The van der Waals surface area contributed by atoms with Crippen LogP contribution in [0.4, 0.5) is 4.39 Å². The van der Waals surface area contributed by atoms with Gasteiger partial charge in [-0.1, -0.05) is 35.9 Å². The van der Waals surface area contributed by atoms with E-state index >= 15 is 0 Å². The lowest BCUT2D eigenvalue weighted by molar-refractivity contribution is -0.148. The standard InChI is InChI=1S/C27H32ClFN4O4/c1-3-37-27(35)21(16-30-10-11-36-2)13-19(14-26(34)25-17-31-33-32-25)12-18-4-6-20(7-5-18)23-15-22(28)8-9-24(23)29/h4-9,15,17,19,21,30H,3,10-14,16H2,1-2H3,(H,31,32,33)/t19-,21+/m1/s1. The topological polar surface area (TPSA) is 106 Å². The molecule has 0 aliphatic carbocycles. The van der Waals surface area contributed by atoms with Gasteiger partial charge in [-0.2, -0.15) is 15.4 Å². The highest BCUT2D eigenvalue weighted by molar-refractivity contribution is 6.30. The molecule has 0 saturated carbocycles. The highest BCUT2D eigenvalue weighted by Gasteiger charge is 2.27. The van der Waals surface area contributed by atoms with Crippen molar-refractivity contribution in [3.8, 4) is 11.1 Å². The number of ether oxygens (including phenoxy) is 2. The highest BCUT2D eigenvalue weighted by Crippen LogP contribution is 2.28. The molecule has 0 aliphatic heterocycles. The van der Waals surface area contributed by atoms with Crippen LogP contribution in [0.2, 0.25) is 5.02 Å². The third kappa shape index (κ3) is 8.73. The minimum absolute atomic E-state index is 0.161. The number of nitrogens with one attached hydrogen (secondary N) is 2. The fraction of sp³-hybridized carbons (Fsp3) is 0.407. The smallest absolute Gasteiger partial charge is 0.310 e. The molecule has 0 amide bonds. The van der Waals surface area contributed by atoms with Crippen LogP contribution in [-0.4, -0.2) is 60.6 Å². The number of hydrogen-bond acceptors (Lipinski definition) is 7. The molecule has 0 saturated heterocycles. The zero-order chi connectivity index (χ0) is 26.6. The molecule has 0 aliphatic rings. The van der Waals surface area contributed by atoms with E-state index in [0.29, 0.717) is 48.7 Å². The molecule has 8 nitrogen and oxygen atoms in total. The maximum atomic E-state index is 14.3. The SMILES string of the molecule is CCOC(=O)[C@H](CNCCOC)C[C@H](CC(=O)c1cn[nH]n1)Cc1ccc(-c2cc(Cl)ccc2F)cc1. The van der Waals surface area contributed by atoms with Gasteiger partial charge in [-0.3, -0.25) is 9.59 Å². The van der Waals surface area contributed by atoms with Crippen molar-refractivity contribution in [3.63, 3.8) is 0 Å². The fourth-order valence-corrected chi connectivity index (χ4v) is 4.36. The number of carbonyl (C=O) groups excluding carboxylic acids is 2. The lowest BCUT2D eigenvalue weighted by Crippen LogP contribution is -2.34. The van der Waals surface area contributed by atoms with Crippen LogP contribution in [0, 0.1) is 17.7 Å². The predicted octanol–water partition coefficient (Wildman–Crippen LogP) is 4.50. The molecule has 0 spiro atoms. The molecule has 1 aromatic heterocycles. The Balaban J connectivity index is 1.78. The molecule has 10 heteroatoms. The first-order valence-electron chi connectivity index (χ1n) is 12.2. The predicted molar refractivity (Wildman–Crippen MR) is 139 cm³/mol. The van der Waals surface area contributed by atoms with E-state index < -0.39 is 5.92 Å². The van der Waals surface area contributed by atoms with Gasteiger partial charge < -0.3 is 14.8 Å². The minimum Gasteiger partial charge on any atom is -0.466 e. The number of rotatable bonds is 15. The molecule has 2 N–H and O–H groups in total. The van der Waals surface area contributed by atoms with Crippen molar-refractivity contribution >= 4 is 23.4 Å². The van der Waals surface area contributed by atoms with Crippen molar-refractivity contribution in [2.75, 3.05) is 33.4 Å². The van der Waals surface area contributed by atoms with Crippen LogP contribution in [0.25, 0.3) is 11.1 Å². The van der Waals surface area contributed by atoms with Crippen LogP contribution >= 0.6 is 11.6 Å². The van der Waals surface area contributed by atoms with Gasteiger partial charge in [-0.05, 0) is 55.0 Å². The van der Waals surface area contributed by atoms with E-state index in [1.54, 1.807) is 20.1 Å². The third-order valence-corrected chi connectivity index (χ3v) is 6.24. The van der Waals surface area contributed by atoms with E-state index in [4.69, 9.17) is 21.1 Å². The monoisotopic (exact) mass is 530 g/mol. The highest BCUT2D eigenvalue weighted by atomic mass is 35.5. The summed E-state index contributed by atoms with van der Waals surface area (Å²) in [6, 6.07) is 11.9. The van der Waals surface area contributed by atoms with Crippen LogP contribution in [0.5, 0.6) is 0 Å². The number of aromatic nitrogens is 3. The summed E-state index contributed by atoms with van der Waals surface area (Å²) in [6.07, 6.45) is 2.55. The van der Waals surface area contributed by atoms with Gasteiger partial charge in [0.2, 0.25) is 0 Å². The van der Waals surface area contributed by atoms with Gasteiger partial charge >= 0.3 is 5.97 Å². The number of halogens is 2. The van der Waals surface area contributed by atoms with E-state index in [9.17, 15) is 14.0 Å². The minimum atomic E-state index is -0.438. The number of ketones is 1. The van der Waals surface area contributed by atoms with E-state index in [0.717, 1.165) is 5.56 Å². The second-order valence-electron chi connectivity index (χ2n) is 8.76. The van der Waals surface area contributed by atoms with Crippen molar-refractivity contribution in [2.45, 2.75) is 26.2 Å². The van der Waals surface area contributed by atoms with Crippen molar-refractivity contribution in [3.05, 3.63) is 70.8 Å². The Hall–Kier alpha value is -3.14. The number of aromatic amines is 1. The Bertz CT molecular complexity index is 1140. The number of methoxy groups -OCH3 is 1. The maximum absolute atomic E-state index is 14.3. The summed E-state index contributed by atoms with van der Waals surface area (Å²) in [7, 11) is 1.61. The maximum Gasteiger partial charge on any atom is 0.310 e. The molecular weight excluding hydrogens is 499 g/mol. The second-order valence-corrected chi connectivity index (χ2v) is 9.19. The molecule has 198 valence electrons. The normalized spacial score (nSPS) is 12.8. The first-order valence-corrected chi connectivity index (χ1v) is 12.6. The molecule has 0 radical (unpaired) electrons. The van der Waals surface area contributed by atoms with Gasteiger partial charge in [-0.25, -0.2) is 4.39 Å². The fourth-order valence-electron chi connectivity index (χ4n) is 4.19. The van der Waals surface area contributed by atoms with E-state index in [-0.39, 0.29) is 42.2 Å². The molecular formula is C27H32ClFN4O4. The van der Waals surface area contributed by atoms with Gasteiger partial charge in [-0.15, -0.1) is 0 Å². The molecule has 0 bridgehead atoms. The summed E-state index contributed by atoms with van der Waals surface area (Å²) in [5.41, 5.74) is 2.33. The van der Waals surface area contributed by atoms with Crippen LogP contribution in [0.3, 0.4) is 0 Å². The van der Waals surface area contributed by atoms with E-state index in [1.165, 1.54) is 18.3 Å². The van der Waals surface area contributed by atoms with E-state index in [1.807, 2.05) is 24.3 Å². The number of esters is 1. The summed E-state index contributed by atoms with van der Waals surface area (Å²) >= 11 is 6.05. The lowest BCUT2D eigenvalue weighted by atomic mass is 9.85. The lowest BCUT2D eigenvalue weighted by Gasteiger charge is -2.23. The van der Waals surface area contributed by atoms with Crippen LogP contribution < -0.4 is 5.32 Å². The Morgan fingerprint density at radius 1 is 1.19 bits per heavy atom. The number of hydrogen-bond donors (Lipinski definition) is 2. The van der Waals surface area contributed by atoms with Gasteiger partial charge in [0.1, 0.15) is 11.5 Å². The van der Waals surface area contributed by atoms with Crippen LogP contribution in [0.1, 0.15) is 35.8 Å². The molecule has 3 aromatic rings. The summed E-state index contributed by atoms with van der Waals surface area (Å²) in [5.74, 6) is -1.43. The number of carbonyl (C=O) groups is 2. The Morgan fingerprint density at radius 2 is 1.97 bits per heavy atom. The molecule has 2 aromatic carbocycles. The average Bonchev–Trinajstić information content (AvgIpc) is 3.43. The van der Waals surface area contributed by atoms with Crippen molar-refractivity contribution in [2.24, 2.45) is 11.8 Å². The summed E-state index contributed by atoms with van der Waals surface area (Å²) < 4.78 is 24.7. The number of H-pyrrole nitrogens is 1. The average molecular weight is 531 g/mol. The molecule has 1 heterocycles. The Labute approximate surface area is 220 Å². The number of Topliss-reactive ketones (excluding diaryl/α,β-unsaturated/α-hetero) is 1. The molecule has 0 fully saturated rings. The van der Waals surface area contributed by atoms with Gasteiger partial charge in [0.05, 0.1) is 25.3 Å². The third-order valence-electron chi connectivity index (χ3n) is 6.00. The number of benzene rings is 2. The van der Waals surface area contributed by atoms with Gasteiger partial charge in [0, 0.05) is 37.2 Å². The molecule has 37 heavy (non-hydrogen) atoms. The number of nitrogens with zero attached hydrogens (tertiary/aromatic N) is 2. The van der Waals surface area contributed by atoms with Crippen molar-refractivity contribution in [1.82, 2.24) is 20.7 Å². The molecule has 0 unspecified atom stereocenters. The van der Waals surface area contributed by atoms with Crippen molar-refractivity contribution in [1.29, 1.82) is 0 Å². The van der Waals surface area contributed by atoms with Crippen LogP contribution in [-0.2, 0) is 20.7 Å². The van der Waals surface area contributed by atoms with Crippen molar-refractivity contribution < 1.29 is 23.5 Å². The zero-order valence-corrected chi connectivity index (χ0v) is 21.8. The summed E-state index contributed by atoms with van der Waals surface area (Å²) in [4.78, 5) is 25.6. The van der Waals surface area contributed by atoms with Crippen LogP contribution in [0.15, 0.2) is 48.7 Å². The second kappa shape index (κ2) is 14.6. The Morgan fingerprint density at radius 3 is 2.65 bits per heavy atom. The summed E-state index contributed by atoms with van der Waals surface area (Å²) in [6.45, 7) is 3.56. The largest absolute Gasteiger partial charge is 0.466 e. The summed E-state index contributed by atoms with van der Waals surface area (Å²) in [5, 5.41) is 13.8. The first kappa shape index (κ1) is 28.4. The Kier molecular flexibility index (Phi) is 11.2. The van der Waals surface area contributed by atoms with Gasteiger partial charge in [0.25, 0.3) is 0 Å². The first-order chi connectivity index (χ1) is 17.9. The molecule has 2 atom stereocenters. The van der Waals surface area contributed by atoms with Gasteiger partial charge in [0.15, 0.2) is 5.78 Å². The molecule has 3 rings (SSSR count). The zero-order valence-electron chi connectivity index (χ0n) is 21.0. The quantitative estimate of drug-likeness (QED) is 0.169. The van der Waals surface area contributed by atoms with E-state index in [2.05, 4.69) is 20.7 Å².